The van der Waals surface area contributed by atoms with Gasteiger partial charge in [-0.2, -0.15) is 9.78 Å². The van der Waals surface area contributed by atoms with E-state index in [0.29, 0.717) is 28.0 Å². The van der Waals surface area contributed by atoms with Gasteiger partial charge in [0.15, 0.2) is 5.76 Å². The summed E-state index contributed by atoms with van der Waals surface area (Å²) in [5.41, 5.74) is 3.22. The smallest absolute Gasteiger partial charge is 0.328 e. The van der Waals surface area contributed by atoms with Crippen LogP contribution in [0.15, 0.2) is 87.1 Å². The number of benzene rings is 3. The van der Waals surface area contributed by atoms with Crippen molar-refractivity contribution in [2.45, 2.75) is 19.9 Å². The molecule has 0 N–H and O–H groups in total. The van der Waals surface area contributed by atoms with Gasteiger partial charge in [0, 0.05) is 22.2 Å². The largest absolute Gasteiger partial charge is 0.496 e. The minimum Gasteiger partial charge on any atom is -0.496 e. The summed E-state index contributed by atoms with van der Waals surface area (Å²) in [5, 5.41) is 6.73. The molecule has 0 radical (unpaired) electrons. The Labute approximate surface area is 228 Å². The fourth-order valence-electron chi connectivity index (χ4n) is 5.18. The zero-order valence-corrected chi connectivity index (χ0v) is 22.4. The second-order valence-corrected chi connectivity index (χ2v) is 9.38. The number of carbonyl (C=O) groups excluding carboxylic acids is 1. The highest BCUT2D eigenvalue weighted by Crippen LogP contribution is 2.33. The van der Waals surface area contributed by atoms with Gasteiger partial charge in [0.25, 0.3) is 5.56 Å². The van der Waals surface area contributed by atoms with Crippen LogP contribution in [0.2, 0.25) is 0 Å². The number of rotatable bonds is 6. The van der Waals surface area contributed by atoms with Crippen LogP contribution in [0.4, 0.5) is 0 Å². The highest BCUT2D eigenvalue weighted by atomic mass is 16.5. The first-order chi connectivity index (χ1) is 19.4. The number of para-hydroxylation sites is 2. The van der Waals surface area contributed by atoms with Crippen molar-refractivity contribution >= 4 is 45.0 Å². The molecule has 0 fully saturated rings. The Hall–Kier alpha value is -5.18. The lowest BCUT2D eigenvalue weighted by Crippen LogP contribution is -2.20. The minimum atomic E-state index is -0.553. The standard InChI is InChI=1S/C31H26N4O5/c1-18-23(20-10-6-8-13-25(20)34(18)19(2)31(37)39-4)17-32-35-29(33-24-12-7-5-11-21(24)30(35)36)28-16-22-26(38-3)14-9-15-27(22)40-28/h5-17,19H,1-4H3/t19-/m0/s1. The van der Waals surface area contributed by atoms with Crippen molar-refractivity contribution in [3.8, 4) is 17.3 Å². The molecule has 40 heavy (non-hydrogen) atoms. The van der Waals surface area contributed by atoms with Crippen LogP contribution in [-0.2, 0) is 9.53 Å². The number of carbonyl (C=O) groups is 1. The molecule has 200 valence electrons. The summed E-state index contributed by atoms with van der Waals surface area (Å²) in [6.45, 7) is 3.70. The van der Waals surface area contributed by atoms with E-state index < -0.39 is 6.04 Å². The minimum absolute atomic E-state index is 0.252. The van der Waals surface area contributed by atoms with Gasteiger partial charge < -0.3 is 18.5 Å². The number of ether oxygens (including phenoxy) is 2. The fraction of sp³-hybridized carbons (Fsp3) is 0.161. The number of furan rings is 1. The number of aromatic nitrogens is 3. The molecule has 3 aromatic carbocycles. The summed E-state index contributed by atoms with van der Waals surface area (Å²) >= 11 is 0. The molecule has 0 saturated heterocycles. The van der Waals surface area contributed by atoms with E-state index in [-0.39, 0.29) is 17.4 Å². The number of esters is 1. The van der Waals surface area contributed by atoms with Crippen molar-refractivity contribution in [1.29, 1.82) is 0 Å². The molecule has 0 aliphatic rings. The van der Waals surface area contributed by atoms with Crippen LogP contribution in [0, 0.1) is 6.92 Å². The van der Waals surface area contributed by atoms with Gasteiger partial charge in [-0.25, -0.2) is 9.78 Å². The third kappa shape index (κ3) is 3.94. The van der Waals surface area contributed by atoms with Crippen molar-refractivity contribution in [3.05, 3.63) is 94.4 Å². The predicted octanol–water partition coefficient (Wildman–Crippen LogP) is 5.70. The summed E-state index contributed by atoms with van der Waals surface area (Å²) in [6, 6.07) is 21.6. The van der Waals surface area contributed by atoms with Crippen molar-refractivity contribution in [2.24, 2.45) is 5.10 Å². The zero-order valence-electron chi connectivity index (χ0n) is 22.4. The Bertz CT molecular complexity index is 2010. The van der Waals surface area contributed by atoms with Gasteiger partial charge in [-0.1, -0.05) is 36.4 Å². The van der Waals surface area contributed by atoms with E-state index in [4.69, 9.17) is 18.9 Å². The molecule has 0 amide bonds. The summed E-state index contributed by atoms with van der Waals surface area (Å²) in [4.78, 5) is 31.0. The Kier molecular flexibility index (Phi) is 6.18. The highest BCUT2D eigenvalue weighted by Gasteiger charge is 2.23. The molecule has 6 aromatic rings. The molecule has 9 heteroatoms. The topological polar surface area (TPSA) is 101 Å². The molecule has 0 unspecified atom stereocenters. The molecule has 0 saturated carbocycles. The Morgan fingerprint density at radius 2 is 1.75 bits per heavy atom. The number of hydrogen-bond donors (Lipinski definition) is 0. The van der Waals surface area contributed by atoms with Crippen molar-refractivity contribution in [2.75, 3.05) is 14.2 Å². The van der Waals surface area contributed by atoms with Crippen LogP contribution in [-0.4, -0.2) is 40.6 Å². The van der Waals surface area contributed by atoms with Crippen LogP contribution < -0.4 is 10.3 Å². The zero-order chi connectivity index (χ0) is 28.0. The molecule has 3 aromatic heterocycles. The third-order valence-corrected chi connectivity index (χ3v) is 7.15. The monoisotopic (exact) mass is 534 g/mol. The normalized spacial score (nSPS) is 12.5. The molecule has 3 heterocycles. The Balaban J connectivity index is 1.58. The molecule has 9 nitrogen and oxygen atoms in total. The van der Waals surface area contributed by atoms with Crippen LogP contribution >= 0.6 is 0 Å². The Morgan fingerprint density at radius 1 is 1.00 bits per heavy atom. The molecule has 1 atom stereocenters. The van der Waals surface area contributed by atoms with Gasteiger partial charge in [0.1, 0.15) is 17.4 Å². The lowest BCUT2D eigenvalue weighted by molar-refractivity contribution is -0.143. The summed E-state index contributed by atoms with van der Waals surface area (Å²) in [6.07, 6.45) is 1.63. The SMILES string of the molecule is COC(=O)[C@H](C)n1c(C)c(C=Nn2c(-c3cc4c(OC)cccc4o3)nc3ccccc3c2=O)c2ccccc21. The predicted molar refractivity (Wildman–Crippen MR) is 154 cm³/mol. The van der Waals surface area contributed by atoms with E-state index >= 15 is 0 Å². The van der Waals surface area contributed by atoms with E-state index in [9.17, 15) is 9.59 Å². The number of nitrogens with zero attached hydrogens (tertiary/aromatic N) is 4. The molecule has 0 aliphatic heterocycles. The summed E-state index contributed by atoms with van der Waals surface area (Å²) in [5.74, 6) is 0.916. The van der Waals surface area contributed by atoms with Crippen molar-refractivity contribution < 1.29 is 18.7 Å². The van der Waals surface area contributed by atoms with Crippen molar-refractivity contribution in [3.63, 3.8) is 0 Å². The molecule has 0 spiro atoms. The van der Waals surface area contributed by atoms with E-state index in [0.717, 1.165) is 27.5 Å². The van der Waals surface area contributed by atoms with Crippen LogP contribution in [0.1, 0.15) is 24.2 Å². The number of hydrogen-bond acceptors (Lipinski definition) is 7. The van der Waals surface area contributed by atoms with Gasteiger partial charge in [-0.3, -0.25) is 4.79 Å². The van der Waals surface area contributed by atoms with E-state index in [1.54, 1.807) is 44.5 Å². The summed E-state index contributed by atoms with van der Waals surface area (Å²) in [7, 11) is 2.96. The lowest BCUT2D eigenvalue weighted by atomic mass is 10.1. The lowest BCUT2D eigenvalue weighted by Gasteiger charge is -2.15. The molecular weight excluding hydrogens is 508 g/mol. The van der Waals surface area contributed by atoms with Gasteiger partial charge >= 0.3 is 5.97 Å². The summed E-state index contributed by atoms with van der Waals surface area (Å²) < 4.78 is 19.8. The molecule has 6 rings (SSSR count). The molecule has 0 bridgehead atoms. The van der Waals surface area contributed by atoms with Crippen LogP contribution in [0.5, 0.6) is 5.75 Å². The second-order valence-electron chi connectivity index (χ2n) is 9.38. The first kappa shape index (κ1) is 25.1. The molecular formula is C31H26N4O5. The van der Waals surface area contributed by atoms with Gasteiger partial charge in [0.05, 0.1) is 36.7 Å². The Morgan fingerprint density at radius 3 is 2.52 bits per heavy atom. The first-order valence-corrected chi connectivity index (χ1v) is 12.7. The van der Waals surface area contributed by atoms with Crippen molar-refractivity contribution in [1.82, 2.24) is 14.2 Å². The second kappa shape index (κ2) is 9.85. The third-order valence-electron chi connectivity index (χ3n) is 7.15. The first-order valence-electron chi connectivity index (χ1n) is 12.7. The van der Waals surface area contributed by atoms with Crippen LogP contribution in [0.25, 0.3) is 44.4 Å². The number of methoxy groups -OCH3 is 2. The van der Waals surface area contributed by atoms with E-state index in [1.165, 1.54) is 11.8 Å². The van der Waals surface area contributed by atoms with Crippen LogP contribution in [0.3, 0.4) is 0 Å². The highest BCUT2D eigenvalue weighted by molar-refractivity contribution is 6.02. The van der Waals surface area contributed by atoms with Gasteiger partial charge in [0.2, 0.25) is 5.82 Å². The maximum atomic E-state index is 13.7. The fourth-order valence-corrected chi connectivity index (χ4v) is 5.18. The van der Waals surface area contributed by atoms with E-state index in [2.05, 4.69) is 5.10 Å². The average molecular weight is 535 g/mol. The van der Waals surface area contributed by atoms with Gasteiger partial charge in [-0.05, 0) is 50.2 Å². The maximum Gasteiger partial charge on any atom is 0.328 e. The maximum absolute atomic E-state index is 13.7. The quantitative estimate of drug-likeness (QED) is 0.201. The number of fused-ring (bicyclic) bond motifs is 3. The molecule has 0 aliphatic carbocycles. The van der Waals surface area contributed by atoms with E-state index in [1.807, 2.05) is 60.0 Å². The van der Waals surface area contributed by atoms with Gasteiger partial charge in [-0.15, -0.1) is 0 Å². The average Bonchev–Trinajstić information content (AvgIpc) is 3.54.